The number of carbonyl (C=O) groups is 2. The molecule has 4 heteroatoms. The predicted molar refractivity (Wildman–Crippen MR) is 42.5 cm³/mol. The number of esters is 2. The molecule has 1 saturated heterocycles. The molecule has 0 bridgehead atoms. The summed E-state index contributed by atoms with van der Waals surface area (Å²) in [7, 11) is 0. The third-order valence-electron chi connectivity index (χ3n) is 2.57. The van der Waals surface area contributed by atoms with E-state index in [0.29, 0.717) is 18.8 Å². The van der Waals surface area contributed by atoms with E-state index in [2.05, 4.69) is 6.92 Å². The quantitative estimate of drug-likeness (QED) is 0.416. The van der Waals surface area contributed by atoms with Crippen LogP contribution in [0, 0.1) is 5.92 Å². The van der Waals surface area contributed by atoms with E-state index >= 15 is 0 Å². The smallest absolute Gasteiger partial charge is 0.320 e. The van der Waals surface area contributed by atoms with Crippen LogP contribution in [0.25, 0.3) is 0 Å². The van der Waals surface area contributed by atoms with Crippen LogP contribution in [0.15, 0.2) is 0 Å². The summed E-state index contributed by atoms with van der Waals surface area (Å²) in [5.41, 5.74) is 0. The molecule has 72 valence electrons. The Morgan fingerprint density at radius 2 is 1.92 bits per heavy atom. The Labute approximate surface area is 76.2 Å². The van der Waals surface area contributed by atoms with Gasteiger partial charge in [0.2, 0.25) is 0 Å². The molecule has 0 unspecified atom stereocenters. The molecule has 13 heavy (non-hydrogen) atoms. The second-order valence-corrected chi connectivity index (χ2v) is 3.88. The number of ether oxygens (including phenoxy) is 2. The van der Waals surface area contributed by atoms with Gasteiger partial charge in [0.1, 0.15) is 6.42 Å². The molecule has 2 aliphatic rings. The molecule has 0 amide bonds. The normalized spacial score (nSPS) is 31.6. The van der Waals surface area contributed by atoms with Crippen LogP contribution in [0.1, 0.15) is 32.6 Å². The summed E-state index contributed by atoms with van der Waals surface area (Å²) >= 11 is 0. The molecular formula is C9H12O4. The minimum atomic E-state index is -0.911. The SMILES string of the molecule is C[C@@H]1CCC2(C1)OC(=O)CC(=O)O2. The maximum atomic E-state index is 11.0. The Morgan fingerprint density at radius 3 is 2.38 bits per heavy atom. The molecule has 1 heterocycles. The molecule has 0 aromatic rings. The van der Waals surface area contributed by atoms with Crippen LogP contribution in [0.4, 0.5) is 0 Å². The highest BCUT2D eigenvalue weighted by atomic mass is 16.7. The van der Waals surface area contributed by atoms with Gasteiger partial charge in [-0.25, -0.2) is 0 Å². The number of carbonyl (C=O) groups excluding carboxylic acids is 2. The topological polar surface area (TPSA) is 52.6 Å². The van der Waals surface area contributed by atoms with Crippen LogP contribution in [0.5, 0.6) is 0 Å². The monoisotopic (exact) mass is 184 g/mol. The predicted octanol–water partition coefficient (Wildman–Crippen LogP) is 0.993. The molecule has 0 N–H and O–H groups in total. The van der Waals surface area contributed by atoms with E-state index < -0.39 is 17.7 Å². The van der Waals surface area contributed by atoms with Gasteiger partial charge in [0, 0.05) is 12.8 Å². The van der Waals surface area contributed by atoms with Gasteiger partial charge in [-0.05, 0) is 12.3 Å². The van der Waals surface area contributed by atoms with Crippen molar-refractivity contribution in [3.63, 3.8) is 0 Å². The summed E-state index contributed by atoms with van der Waals surface area (Å²) in [6.07, 6.45) is 1.99. The molecule has 4 nitrogen and oxygen atoms in total. The maximum absolute atomic E-state index is 11.0. The van der Waals surface area contributed by atoms with Crippen molar-refractivity contribution in [3.05, 3.63) is 0 Å². The van der Waals surface area contributed by atoms with Gasteiger partial charge in [0.15, 0.2) is 0 Å². The van der Waals surface area contributed by atoms with Crippen molar-refractivity contribution in [2.75, 3.05) is 0 Å². The van der Waals surface area contributed by atoms with E-state index in [1.54, 1.807) is 0 Å². The lowest BCUT2D eigenvalue weighted by molar-refractivity contribution is -0.242. The standard InChI is InChI=1S/C9H12O4/c1-6-2-3-9(5-6)12-7(10)4-8(11)13-9/h6H,2-5H2,1H3/t6-/m1/s1. The molecule has 0 aromatic heterocycles. The average molecular weight is 184 g/mol. The van der Waals surface area contributed by atoms with Crippen LogP contribution in [-0.4, -0.2) is 17.7 Å². The number of hydrogen-bond acceptors (Lipinski definition) is 4. The van der Waals surface area contributed by atoms with Crippen molar-refractivity contribution in [1.29, 1.82) is 0 Å². The Balaban J connectivity index is 2.14. The summed E-state index contributed by atoms with van der Waals surface area (Å²) in [4.78, 5) is 22.0. The highest BCUT2D eigenvalue weighted by Crippen LogP contribution is 2.40. The van der Waals surface area contributed by atoms with Gasteiger partial charge in [-0.15, -0.1) is 0 Å². The van der Waals surface area contributed by atoms with E-state index in [1.165, 1.54) is 0 Å². The highest BCUT2D eigenvalue weighted by Gasteiger charge is 2.47. The lowest BCUT2D eigenvalue weighted by Gasteiger charge is -2.32. The number of hydrogen-bond donors (Lipinski definition) is 0. The van der Waals surface area contributed by atoms with Gasteiger partial charge in [0.05, 0.1) is 0 Å². The highest BCUT2D eigenvalue weighted by molar-refractivity contribution is 5.93. The van der Waals surface area contributed by atoms with Crippen LogP contribution in [0.3, 0.4) is 0 Å². The maximum Gasteiger partial charge on any atom is 0.320 e. The zero-order chi connectivity index (χ0) is 9.47. The third-order valence-corrected chi connectivity index (χ3v) is 2.57. The first kappa shape index (κ1) is 8.53. The fraction of sp³-hybridized carbons (Fsp3) is 0.778. The van der Waals surface area contributed by atoms with Crippen molar-refractivity contribution in [3.8, 4) is 0 Å². The summed E-state index contributed by atoms with van der Waals surface area (Å²) in [6, 6.07) is 0. The average Bonchev–Trinajstić information content (AvgIpc) is 2.28. The second kappa shape index (κ2) is 2.72. The second-order valence-electron chi connectivity index (χ2n) is 3.88. The van der Waals surface area contributed by atoms with Gasteiger partial charge in [0.25, 0.3) is 5.79 Å². The Morgan fingerprint density at radius 1 is 1.31 bits per heavy atom. The molecule has 2 rings (SSSR count). The molecule has 1 spiro atoms. The number of rotatable bonds is 0. The molecular weight excluding hydrogens is 172 g/mol. The van der Waals surface area contributed by atoms with Gasteiger partial charge < -0.3 is 9.47 Å². The summed E-state index contributed by atoms with van der Waals surface area (Å²) in [5, 5.41) is 0. The van der Waals surface area contributed by atoms with Crippen molar-refractivity contribution in [1.82, 2.24) is 0 Å². The minimum absolute atomic E-state index is 0.240. The molecule has 1 atom stereocenters. The minimum Gasteiger partial charge on any atom is -0.422 e. The molecule has 0 radical (unpaired) electrons. The van der Waals surface area contributed by atoms with Gasteiger partial charge in [-0.3, -0.25) is 9.59 Å². The molecule has 2 fully saturated rings. The molecule has 1 saturated carbocycles. The Hall–Kier alpha value is -1.06. The van der Waals surface area contributed by atoms with Crippen molar-refractivity contribution >= 4 is 11.9 Å². The summed E-state index contributed by atoms with van der Waals surface area (Å²) < 4.78 is 10.2. The van der Waals surface area contributed by atoms with Crippen LogP contribution in [0.2, 0.25) is 0 Å². The van der Waals surface area contributed by atoms with Crippen LogP contribution < -0.4 is 0 Å². The van der Waals surface area contributed by atoms with Crippen LogP contribution in [-0.2, 0) is 19.1 Å². The fourth-order valence-electron chi connectivity index (χ4n) is 2.01. The molecule has 1 aliphatic carbocycles. The Kier molecular flexibility index (Phi) is 1.78. The van der Waals surface area contributed by atoms with Crippen molar-refractivity contribution < 1.29 is 19.1 Å². The molecule has 0 aromatic carbocycles. The van der Waals surface area contributed by atoms with Gasteiger partial charge >= 0.3 is 11.9 Å². The lowest BCUT2D eigenvalue weighted by atomic mass is 10.1. The first-order valence-electron chi connectivity index (χ1n) is 4.53. The first-order valence-corrected chi connectivity index (χ1v) is 4.53. The largest absolute Gasteiger partial charge is 0.422 e. The van der Waals surface area contributed by atoms with E-state index in [9.17, 15) is 9.59 Å². The van der Waals surface area contributed by atoms with E-state index in [4.69, 9.17) is 9.47 Å². The van der Waals surface area contributed by atoms with Crippen molar-refractivity contribution in [2.45, 2.75) is 38.4 Å². The Bertz CT molecular complexity index is 242. The van der Waals surface area contributed by atoms with Crippen LogP contribution >= 0.6 is 0 Å². The molecule has 1 aliphatic heterocycles. The lowest BCUT2D eigenvalue weighted by Crippen LogP contribution is -2.43. The van der Waals surface area contributed by atoms with E-state index in [0.717, 1.165) is 6.42 Å². The van der Waals surface area contributed by atoms with E-state index in [1.807, 2.05) is 0 Å². The zero-order valence-electron chi connectivity index (χ0n) is 7.54. The fourth-order valence-corrected chi connectivity index (χ4v) is 2.01. The summed E-state index contributed by atoms with van der Waals surface area (Å²) in [6.45, 7) is 2.06. The first-order chi connectivity index (χ1) is 6.10. The zero-order valence-corrected chi connectivity index (χ0v) is 7.54. The van der Waals surface area contributed by atoms with Gasteiger partial charge in [-0.1, -0.05) is 6.92 Å². The van der Waals surface area contributed by atoms with Crippen molar-refractivity contribution in [2.24, 2.45) is 5.92 Å². The third kappa shape index (κ3) is 1.53. The summed E-state index contributed by atoms with van der Waals surface area (Å²) in [5.74, 6) is -1.36. The van der Waals surface area contributed by atoms with E-state index in [-0.39, 0.29) is 6.42 Å². The van der Waals surface area contributed by atoms with Gasteiger partial charge in [-0.2, -0.15) is 0 Å².